The summed E-state index contributed by atoms with van der Waals surface area (Å²) in [5.74, 6) is -0.914. The summed E-state index contributed by atoms with van der Waals surface area (Å²) in [6.45, 7) is 0. The van der Waals surface area contributed by atoms with Gasteiger partial charge in [-0.2, -0.15) is 0 Å². The van der Waals surface area contributed by atoms with E-state index in [2.05, 4.69) is 0 Å². The molecule has 2 saturated carbocycles. The molecule has 1 atom stereocenters. The summed E-state index contributed by atoms with van der Waals surface area (Å²) in [6.07, 6.45) is 6.22. The van der Waals surface area contributed by atoms with Gasteiger partial charge in [0.1, 0.15) is 0 Å². The molecule has 0 bridgehead atoms. The molecule has 0 unspecified atom stereocenters. The second kappa shape index (κ2) is 8.83. The third-order valence-electron chi connectivity index (χ3n) is 6.57. The lowest BCUT2D eigenvalue weighted by molar-refractivity contribution is -0.136. The number of carbonyl (C=O) groups is 2. The third-order valence-corrected chi connectivity index (χ3v) is 8.47. The number of hydrogen-bond acceptors (Lipinski definition) is 5. The number of carbonyl (C=O) groups excluding carboxylic acids is 1. The van der Waals surface area contributed by atoms with Gasteiger partial charge in [0.2, 0.25) is 5.91 Å². The zero-order valence-electron chi connectivity index (χ0n) is 16.8. The fraction of sp³-hybridized carbons (Fsp3) is 0.619. The molecular weight excluding hydrogens is 392 g/mol. The first-order chi connectivity index (χ1) is 13.7. The van der Waals surface area contributed by atoms with Crippen LogP contribution in [0, 0.1) is 11.8 Å². The van der Waals surface area contributed by atoms with Gasteiger partial charge in [0.25, 0.3) is 0 Å². The van der Waals surface area contributed by atoms with E-state index in [1.54, 1.807) is 4.90 Å². The molecule has 0 aliphatic heterocycles. The van der Waals surface area contributed by atoms with Crippen molar-refractivity contribution < 1.29 is 23.1 Å². The average molecular weight is 423 g/mol. The molecule has 7 nitrogen and oxygen atoms in total. The van der Waals surface area contributed by atoms with Crippen molar-refractivity contribution in [1.82, 2.24) is 4.90 Å². The van der Waals surface area contributed by atoms with Crippen LogP contribution in [0.5, 0.6) is 0 Å². The molecule has 2 aliphatic rings. The predicted molar refractivity (Wildman–Crippen MR) is 109 cm³/mol. The predicted octanol–water partition coefficient (Wildman–Crippen LogP) is 2.30. The average Bonchev–Trinajstić information content (AvgIpc) is 2.65. The SMILES string of the molecule is CN(C(=O)[C@@H](N)C1CCC(CS(=O)(=O)c2ccc(C(=O)O)cc2)CC1)C1CCC1. The molecule has 0 aromatic heterocycles. The molecule has 3 rings (SSSR count). The van der Waals surface area contributed by atoms with Crippen molar-refractivity contribution in [2.75, 3.05) is 12.8 Å². The number of rotatable bonds is 7. The molecule has 3 N–H and O–H groups in total. The van der Waals surface area contributed by atoms with E-state index in [1.807, 2.05) is 7.05 Å². The number of hydrogen-bond donors (Lipinski definition) is 2. The van der Waals surface area contributed by atoms with Crippen LogP contribution >= 0.6 is 0 Å². The summed E-state index contributed by atoms with van der Waals surface area (Å²) < 4.78 is 25.4. The van der Waals surface area contributed by atoms with Crippen molar-refractivity contribution in [3.63, 3.8) is 0 Å². The van der Waals surface area contributed by atoms with Crippen LogP contribution in [0.4, 0.5) is 0 Å². The lowest BCUT2D eigenvalue weighted by Crippen LogP contribution is -2.52. The summed E-state index contributed by atoms with van der Waals surface area (Å²) in [4.78, 5) is 25.5. The molecule has 1 amide bonds. The number of amides is 1. The minimum Gasteiger partial charge on any atom is -0.478 e. The maximum Gasteiger partial charge on any atom is 0.335 e. The highest BCUT2D eigenvalue weighted by atomic mass is 32.2. The Labute approximate surface area is 172 Å². The highest BCUT2D eigenvalue weighted by molar-refractivity contribution is 7.91. The van der Waals surface area contributed by atoms with E-state index in [-0.39, 0.29) is 34.0 Å². The maximum absolute atomic E-state index is 12.7. The summed E-state index contributed by atoms with van der Waals surface area (Å²) in [7, 11) is -1.64. The smallest absolute Gasteiger partial charge is 0.335 e. The lowest BCUT2D eigenvalue weighted by Gasteiger charge is -2.38. The topological polar surface area (TPSA) is 118 Å². The number of carboxylic acid groups (broad SMARTS) is 1. The van der Waals surface area contributed by atoms with Gasteiger partial charge in [-0.25, -0.2) is 13.2 Å². The van der Waals surface area contributed by atoms with Gasteiger partial charge in [0, 0.05) is 13.1 Å². The quantitative estimate of drug-likeness (QED) is 0.696. The van der Waals surface area contributed by atoms with Crippen LogP contribution in [0.2, 0.25) is 0 Å². The van der Waals surface area contributed by atoms with Gasteiger partial charge in [-0.05, 0) is 81.0 Å². The van der Waals surface area contributed by atoms with Gasteiger partial charge < -0.3 is 15.7 Å². The number of benzene rings is 1. The van der Waals surface area contributed by atoms with Gasteiger partial charge in [0.05, 0.1) is 22.3 Å². The van der Waals surface area contributed by atoms with Crippen molar-refractivity contribution >= 4 is 21.7 Å². The van der Waals surface area contributed by atoms with Crippen LogP contribution in [-0.2, 0) is 14.6 Å². The molecule has 1 aromatic rings. The number of carboxylic acids is 1. The van der Waals surface area contributed by atoms with Crippen molar-refractivity contribution in [2.45, 2.75) is 61.9 Å². The van der Waals surface area contributed by atoms with Gasteiger partial charge in [-0.1, -0.05) is 0 Å². The van der Waals surface area contributed by atoms with Crippen LogP contribution in [0.1, 0.15) is 55.3 Å². The van der Waals surface area contributed by atoms with Crippen LogP contribution < -0.4 is 5.73 Å². The fourth-order valence-corrected chi connectivity index (χ4v) is 6.01. The summed E-state index contributed by atoms with van der Waals surface area (Å²) in [6, 6.07) is 5.15. The number of sulfone groups is 1. The molecule has 0 spiro atoms. The van der Waals surface area contributed by atoms with E-state index in [0.29, 0.717) is 6.04 Å². The van der Waals surface area contributed by atoms with E-state index in [0.717, 1.165) is 44.9 Å². The first-order valence-corrected chi connectivity index (χ1v) is 11.9. The Morgan fingerprint density at radius 1 is 1.10 bits per heavy atom. The summed E-state index contributed by atoms with van der Waals surface area (Å²) in [5.41, 5.74) is 6.32. The van der Waals surface area contributed by atoms with Crippen LogP contribution in [0.15, 0.2) is 29.2 Å². The first kappa shape index (κ1) is 21.8. The molecule has 0 radical (unpaired) electrons. The standard InChI is InChI=1S/C21H30N2O5S/c1-23(17-3-2-4-17)20(24)19(22)15-7-5-14(6-8-15)13-29(27,28)18-11-9-16(10-12-18)21(25)26/h9-12,14-15,17,19H,2-8,13,22H2,1H3,(H,25,26)/t14?,15?,19-/m0/s1. The Morgan fingerprint density at radius 3 is 2.17 bits per heavy atom. The van der Waals surface area contributed by atoms with Gasteiger partial charge in [-0.15, -0.1) is 0 Å². The number of nitrogens with two attached hydrogens (primary N) is 1. The van der Waals surface area contributed by atoms with Gasteiger partial charge >= 0.3 is 5.97 Å². The highest BCUT2D eigenvalue weighted by Gasteiger charge is 2.35. The first-order valence-electron chi connectivity index (χ1n) is 10.3. The Kier molecular flexibility index (Phi) is 6.63. The molecule has 8 heteroatoms. The zero-order valence-corrected chi connectivity index (χ0v) is 17.6. The van der Waals surface area contributed by atoms with E-state index >= 15 is 0 Å². The molecule has 160 valence electrons. The van der Waals surface area contributed by atoms with E-state index in [4.69, 9.17) is 10.8 Å². The second-order valence-corrected chi connectivity index (χ2v) is 10.5. The van der Waals surface area contributed by atoms with Crippen molar-refractivity contribution in [3.8, 4) is 0 Å². The largest absolute Gasteiger partial charge is 0.478 e. The molecule has 2 fully saturated rings. The van der Waals surface area contributed by atoms with E-state index in [9.17, 15) is 18.0 Å². The van der Waals surface area contributed by atoms with Crippen molar-refractivity contribution in [1.29, 1.82) is 0 Å². The van der Waals surface area contributed by atoms with Crippen molar-refractivity contribution in [2.24, 2.45) is 17.6 Å². The molecular formula is C21H30N2O5S. The maximum atomic E-state index is 12.7. The molecule has 1 aromatic carbocycles. The third kappa shape index (κ3) is 4.98. The molecule has 29 heavy (non-hydrogen) atoms. The Morgan fingerprint density at radius 2 is 1.69 bits per heavy atom. The molecule has 0 heterocycles. The van der Waals surface area contributed by atoms with Crippen LogP contribution in [0.3, 0.4) is 0 Å². The van der Waals surface area contributed by atoms with Gasteiger partial charge in [0.15, 0.2) is 9.84 Å². The van der Waals surface area contributed by atoms with Crippen LogP contribution in [-0.4, -0.2) is 55.2 Å². The Hall–Kier alpha value is -1.93. The minimum absolute atomic E-state index is 0.00397. The molecule has 2 aliphatic carbocycles. The minimum atomic E-state index is -3.48. The monoisotopic (exact) mass is 422 g/mol. The number of aromatic carboxylic acids is 1. The van der Waals surface area contributed by atoms with Crippen LogP contribution in [0.25, 0.3) is 0 Å². The Bertz CT molecular complexity index is 840. The highest BCUT2D eigenvalue weighted by Crippen LogP contribution is 2.33. The fourth-order valence-electron chi connectivity index (χ4n) is 4.32. The summed E-state index contributed by atoms with van der Waals surface area (Å²) >= 11 is 0. The molecule has 0 saturated heterocycles. The zero-order chi connectivity index (χ0) is 21.2. The normalized spacial score (nSPS) is 23.8. The second-order valence-electron chi connectivity index (χ2n) is 8.45. The van der Waals surface area contributed by atoms with E-state index < -0.39 is 21.8 Å². The van der Waals surface area contributed by atoms with Gasteiger partial charge in [-0.3, -0.25) is 4.79 Å². The lowest BCUT2D eigenvalue weighted by atomic mass is 9.78. The van der Waals surface area contributed by atoms with Crippen molar-refractivity contribution in [3.05, 3.63) is 29.8 Å². The Balaban J connectivity index is 1.53. The number of nitrogens with zero attached hydrogens (tertiary/aromatic N) is 1. The summed E-state index contributed by atoms with van der Waals surface area (Å²) in [5, 5.41) is 8.94. The number of likely N-dealkylation sites (N-methyl/N-ethyl adjacent to an activating group) is 1. The van der Waals surface area contributed by atoms with E-state index in [1.165, 1.54) is 24.3 Å².